The molecular formula is C5H6FIN4. The van der Waals surface area contributed by atoms with Crippen LogP contribution in [0.2, 0.25) is 0 Å². The smallest absolute Gasteiger partial charge is 0.224 e. The Bertz CT molecular complexity index is 254. The Labute approximate surface area is 77.1 Å². The highest BCUT2D eigenvalue weighted by Crippen LogP contribution is 2.12. The highest BCUT2D eigenvalue weighted by molar-refractivity contribution is 14.1. The van der Waals surface area contributed by atoms with E-state index in [0.29, 0.717) is 5.95 Å². The lowest BCUT2D eigenvalue weighted by molar-refractivity contribution is 0.620. The molecule has 0 unspecified atom stereocenters. The van der Waals surface area contributed by atoms with E-state index in [0.717, 1.165) is 6.20 Å². The number of nitrogens with one attached hydrogen (secondary N) is 2. The lowest BCUT2D eigenvalue weighted by atomic mass is 10.6. The number of hydrogen-bond donors (Lipinski definition) is 2. The van der Waals surface area contributed by atoms with Crippen LogP contribution in [-0.2, 0) is 0 Å². The summed E-state index contributed by atoms with van der Waals surface area (Å²) in [6.45, 7) is 0. The number of nitrogens with zero attached hydrogens (tertiary/aromatic N) is 2. The number of hydrogen-bond acceptors (Lipinski definition) is 4. The lowest BCUT2D eigenvalue weighted by Crippen LogP contribution is -1.99. The topological polar surface area (TPSA) is 49.8 Å². The van der Waals surface area contributed by atoms with E-state index in [4.69, 9.17) is 0 Å². The molecule has 0 spiro atoms. The summed E-state index contributed by atoms with van der Waals surface area (Å²) in [6.07, 6.45) is 1.11. The molecule has 0 aromatic carbocycles. The Morgan fingerprint density at radius 2 is 2.36 bits per heavy atom. The molecule has 0 radical (unpaired) electrons. The summed E-state index contributed by atoms with van der Waals surface area (Å²) in [5, 5.41) is 2.70. The van der Waals surface area contributed by atoms with Gasteiger partial charge in [0.1, 0.15) is 0 Å². The molecule has 0 aliphatic heterocycles. The standard InChI is InChI=1S/C5H6FIN4/c1-8-5-9-2-3(6)4(10-5)11-7/h2H,1H3,(H2,8,9,10,11). The van der Waals surface area contributed by atoms with Crippen LogP contribution < -0.4 is 8.85 Å². The van der Waals surface area contributed by atoms with E-state index in [-0.39, 0.29) is 5.82 Å². The molecule has 0 saturated carbocycles. The van der Waals surface area contributed by atoms with Gasteiger partial charge in [0.2, 0.25) is 5.95 Å². The van der Waals surface area contributed by atoms with Crippen molar-refractivity contribution in [2.24, 2.45) is 0 Å². The average molecular weight is 268 g/mol. The molecule has 0 fully saturated rings. The van der Waals surface area contributed by atoms with Crippen molar-refractivity contribution < 1.29 is 4.39 Å². The second kappa shape index (κ2) is 3.65. The third-order valence-electron chi connectivity index (χ3n) is 1.06. The molecule has 11 heavy (non-hydrogen) atoms. The minimum Gasteiger partial charge on any atom is -0.357 e. The van der Waals surface area contributed by atoms with E-state index >= 15 is 0 Å². The largest absolute Gasteiger partial charge is 0.357 e. The summed E-state index contributed by atoms with van der Waals surface area (Å²) in [5.41, 5.74) is 0. The SMILES string of the molecule is CNc1ncc(F)c(NI)n1. The van der Waals surface area contributed by atoms with Crippen LogP contribution >= 0.6 is 22.9 Å². The minimum atomic E-state index is -0.460. The Balaban J connectivity index is 3.02. The molecule has 60 valence electrons. The highest BCUT2D eigenvalue weighted by atomic mass is 127. The summed E-state index contributed by atoms with van der Waals surface area (Å²) in [6, 6.07) is 0. The number of aromatic nitrogens is 2. The van der Waals surface area contributed by atoms with Crippen molar-refractivity contribution >= 4 is 34.6 Å². The molecule has 0 saturated heterocycles. The molecule has 0 aliphatic carbocycles. The zero-order valence-corrected chi connectivity index (χ0v) is 7.89. The minimum absolute atomic E-state index is 0.185. The first kappa shape index (κ1) is 8.44. The fourth-order valence-corrected chi connectivity index (χ4v) is 0.932. The molecule has 6 heteroatoms. The zero-order chi connectivity index (χ0) is 8.27. The number of anilines is 2. The van der Waals surface area contributed by atoms with Crippen LogP contribution in [-0.4, -0.2) is 17.0 Å². The maximum Gasteiger partial charge on any atom is 0.224 e. The first-order valence-corrected chi connectivity index (χ1v) is 3.92. The van der Waals surface area contributed by atoms with Gasteiger partial charge in [0.05, 0.1) is 29.1 Å². The van der Waals surface area contributed by atoms with Crippen LogP contribution in [0.3, 0.4) is 0 Å². The second-order valence-corrected chi connectivity index (χ2v) is 2.27. The maximum atomic E-state index is 12.7. The Hall–Kier alpha value is -0.660. The maximum absolute atomic E-state index is 12.7. The van der Waals surface area contributed by atoms with Crippen LogP contribution in [0.25, 0.3) is 0 Å². The number of halogens is 2. The molecule has 0 aliphatic rings. The van der Waals surface area contributed by atoms with Gasteiger partial charge in [-0.2, -0.15) is 4.98 Å². The molecule has 0 atom stereocenters. The first-order valence-electron chi connectivity index (χ1n) is 2.85. The zero-order valence-electron chi connectivity index (χ0n) is 5.73. The summed E-state index contributed by atoms with van der Waals surface area (Å²) in [4.78, 5) is 7.46. The van der Waals surface area contributed by atoms with Gasteiger partial charge in [-0.05, 0) is 0 Å². The Morgan fingerprint density at radius 3 is 2.91 bits per heavy atom. The summed E-state index contributed by atoms with van der Waals surface area (Å²) < 4.78 is 15.3. The van der Waals surface area contributed by atoms with Crippen LogP contribution in [0.15, 0.2) is 6.20 Å². The highest BCUT2D eigenvalue weighted by Gasteiger charge is 2.02. The molecule has 4 nitrogen and oxygen atoms in total. The normalized spacial score (nSPS) is 9.36. The van der Waals surface area contributed by atoms with Crippen LogP contribution in [0.5, 0.6) is 0 Å². The fourth-order valence-electron chi connectivity index (χ4n) is 0.554. The second-order valence-electron chi connectivity index (χ2n) is 1.73. The van der Waals surface area contributed by atoms with E-state index in [2.05, 4.69) is 18.8 Å². The molecule has 1 rings (SSSR count). The summed E-state index contributed by atoms with van der Waals surface area (Å²) in [5.74, 6) is 0.119. The molecule has 0 bridgehead atoms. The van der Waals surface area contributed by atoms with E-state index in [1.54, 1.807) is 29.9 Å². The van der Waals surface area contributed by atoms with Gasteiger partial charge in [0.25, 0.3) is 0 Å². The van der Waals surface area contributed by atoms with Gasteiger partial charge >= 0.3 is 0 Å². The van der Waals surface area contributed by atoms with E-state index in [9.17, 15) is 4.39 Å². The van der Waals surface area contributed by atoms with Gasteiger partial charge in [0.15, 0.2) is 11.6 Å². The Kier molecular flexibility index (Phi) is 2.80. The van der Waals surface area contributed by atoms with E-state index in [1.807, 2.05) is 0 Å². The number of rotatable bonds is 2. The van der Waals surface area contributed by atoms with Crippen LogP contribution in [0, 0.1) is 5.82 Å². The molecule has 1 aromatic rings. The average Bonchev–Trinajstić information content (AvgIpc) is 2.05. The van der Waals surface area contributed by atoms with Gasteiger partial charge in [-0.3, -0.25) is 0 Å². The molecular weight excluding hydrogens is 262 g/mol. The third-order valence-corrected chi connectivity index (χ3v) is 1.57. The van der Waals surface area contributed by atoms with Gasteiger partial charge in [-0.15, -0.1) is 0 Å². The van der Waals surface area contributed by atoms with Crippen molar-refractivity contribution in [2.75, 3.05) is 15.9 Å². The quantitative estimate of drug-likeness (QED) is 0.629. The van der Waals surface area contributed by atoms with Crippen molar-refractivity contribution in [3.63, 3.8) is 0 Å². The predicted molar refractivity (Wildman–Crippen MR) is 49.2 cm³/mol. The molecule has 0 amide bonds. The van der Waals surface area contributed by atoms with Crippen molar-refractivity contribution in [3.8, 4) is 0 Å². The predicted octanol–water partition coefficient (Wildman–Crippen LogP) is 1.42. The van der Waals surface area contributed by atoms with Crippen molar-refractivity contribution in [2.45, 2.75) is 0 Å². The van der Waals surface area contributed by atoms with E-state index in [1.165, 1.54) is 0 Å². The molecule has 1 aromatic heterocycles. The van der Waals surface area contributed by atoms with Gasteiger partial charge in [-0.25, -0.2) is 9.37 Å². The molecule has 2 N–H and O–H groups in total. The van der Waals surface area contributed by atoms with Crippen molar-refractivity contribution in [1.82, 2.24) is 9.97 Å². The van der Waals surface area contributed by atoms with Crippen molar-refractivity contribution in [3.05, 3.63) is 12.0 Å². The van der Waals surface area contributed by atoms with Crippen molar-refractivity contribution in [1.29, 1.82) is 0 Å². The van der Waals surface area contributed by atoms with E-state index < -0.39 is 5.82 Å². The van der Waals surface area contributed by atoms with Gasteiger partial charge < -0.3 is 8.85 Å². The fraction of sp³-hybridized carbons (Fsp3) is 0.200. The lowest BCUT2D eigenvalue weighted by Gasteiger charge is -2.01. The van der Waals surface area contributed by atoms with Crippen LogP contribution in [0.4, 0.5) is 16.2 Å². The molecule has 1 heterocycles. The van der Waals surface area contributed by atoms with Gasteiger partial charge in [-0.1, -0.05) is 0 Å². The monoisotopic (exact) mass is 268 g/mol. The van der Waals surface area contributed by atoms with Gasteiger partial charge in [0, 0.05) is 7.05 Å². The summed E-state index contributed by atoms with van der Waals surface area (Å²) in [7, 11) is 1.67. The third kappa shape index (κ3) is 1.88. The Morgan fingerprint density at radius 1 is 1.64 bits per heavy atom. The first-order chi connectivity index (χ1) is 5.27. The summed E-state index contributed by atoms with van der Waals surface area (Å²) >= 11 is 1.80. The van der Waals surface area contributed by atoms with Crippen LogP contribution in [0.1, 0.15) is 0 Å².